The van der Waals surface area contributed by atoms with E-state index in [0.717, 1.165) is 0 Å². The number of carbonyl (C=O) groups excluding carboxylic acids is 1. The second-order valence-electron chi connectivity index (χ2n) is 3.84. The number of nitro groups is 1. The van der Waals surface area contributed by atoms with E-state index in [0.29, 0.717) is 19.6 Å². The monoisotopic (exact) mass is 346 g/mol. The van der Waals surface area contributed by atoms with E-state index < -0.39 is 4.92 Å². The number of benzene rings is 1. The number of aliphatic hydroxyl groups is 1. The first-order valence-electron chi connectivity index (χ1n) is 5.97. The van der Waals surface area contributed by atoms with Crippen LogP contribution in [0.4, 0.5) is 5.69 Å². The van der Waals surface area contributed by atoms with Crippen LogP contribution in [0.15, 0.2) is 22.7 Å². The Kier molecular flexibility index (Phi) is 7.13. The van der Waals surface area contributed by atoms with Crippen LogP contribution in [0.3, 0.4) is 0 Å². The van der Waals surface area contributed by atoms with Gasteiger partial charge in [-0.25, -0.2) is 0 Å². The third kappa shape index (κ3) is 4.87. The van der Waals surface area contributed by atoms with Gasteiger partial charge in [-0.05, 0) is 28.4 Å². The molecule has 110 valence electrons. The van der Waals surface area contributed by atoms with Crippen molar-refractivity contribution in [2.24, 2.45) is 0 Å². The van der Waals surface area contributed by atoms with E-state index >= 15 is 0 Å². The number of nitrogens with one attached hydrogen (secondary N) is 1. The molecule has 0 saturated carbocycles. The molecule has 20 heavy (non-hydrogen) atoms. The number of ether oxygens (including phenoxy) is 1. The van der Waals surface area contributed by atoms with Gasteiger partial charge in [-0.2, -0.15) is 0 Å². The Labute approximate surface area is 124 Å². The summed E-state index contributed by atoms with van der Waals surface area (Å²) >= 11 is 3.07. The smallest absolute Gasteiger partial charge is 0.284 e. The molecule has 0 bridgehead atoms. The van der Waals surface area contributed by atoms with Crippen molar-refractivity contribution in [1.29, 1.82) is 0 Å². The van der Waals surface area contributed by atoms with Crippen molar-refractivity contribution < 1.29 is 19.6 Å². The topological polar surface area (TPSA) is 102 Å². The molecular formula is C12H15BrN2O5. The first kappa shape index (κ1) is 16.5. The fourth-order valence-corrected chi connectivity index (χ4v) is 2.06. The molecule has 1 rings (SSSR count). The Morgan fingerprint density at radius 1 is 1.45 bits per heavy atom. The van der Waals surface area contributed by atoms with Crippen molar-refractivity contribution in [1.82, 2.24) is 5.32 Å². The highest BCUT2D eigenvalue weighted by atomic mass is 79.9. The summed E-state index contributed by atoms with van der Waals surface area (Å²) in [5.74, 6) is -0.386. The van der Waals surface area contributed by atoms with Crippen molar-refractivity contribution in [3.05, 3.63) is 38.3 Å². The molecule has 0 aliphatic heterocycles. The Hall–Kier alpha value is -1.51. The zero-order valence-corrected chi connectivity index (χ0v) is 12.3. The first-order chi connectivity index (χ1) is 9.57. The maximum atomic E-state index is 11.9. The summed E-state index contributed by atoms with van der Waals surface area (Å²) in [5.41, 5.74) is 0.0689. The molecule has 1 aromatic carbocycles. The fraction of sp³-hybridized carbons (Fsp3) is 0.417. The van der Waals surface area contributed by atoms with Crippen LogP contribution in [0, 0.1) is 10.1 Å². The Morgan fingerprint density at radius 3 is 2.85 bits per heavy atom. The zero-order chi connectivity index (χ0) is 15.0. The van der Waals surface area contributed by atoms with E-state index in [4.69, 9.17) is 9.84 Å². The highest BCUT2D eigenvalue weighted by Crippen LogP contribution is 2.28. The van der Waals surface area contributed by atoms with Gasteiger partial charge in [0.25, 0.3) is 11.6 Å². The minimum absolute atomic E-state index is 0.0347. The molecule has 0 spiro atoms. The fourth-order valence-electron chi connectivity index (χ4n) is 1.47. The van der Waals surface area contributed by atoms with Gasteiger partial charge in [0.2, 0.25) is 0 Å². The van der Waals surface area contributed by atoms with E-state index in [1.54, 1.807) is 0 Å². The average Bonchev–Trinajstić information content (AvgIpc) is 2.42. The summed E-state index contributed by atoms with van der Waals surface area (Å²) in [6.07, 6.45) is 0.596. The molecule has 7 nitrogen and oxygen atoms in total. The van der Waals surface area contributed by atoms with Crippen LogP contribution in [-0.2, 0) is 4.74 Å². The lowest BCUT2D eigenvalue weighted by atomic mass is 10.2. The van der Waals surface area contributed by atoms with Crippen LogP contribution in [0.1, 0.15) is 16.8 Å². The van der Waals surface area contributed by atoms with Crippen molar-refractivity contribution in [3.63, 3.8) is 0 Å². The molecule has 2 N–H and O–H groups in total. The standard InChI is InChI=1S/C12H15BrN2O5/c13-11-9(3-1-4-10(11)15(18)19)12(17)14-5-2-7-20-8-6-16/h1,3-4,16H,2,5-8H2,(H,14,17). The second kappa shape index (κ2) is 8.62. The molecule has 0 aromatic heterocycles. The summed E-state index contributed by atoms with van der Waals surface area (Å²) in [6.45, 7) is 1.05. The highest BCUT2D eigenvalue weighted by molar-refractivity contribution is 9.10. The summed E-state index contributed by atoms with van der Waals surface area (Å²) in [4.78, 5) is 22.1. The van der Waals surface area contributed by atoms with Crippen molar-refractivity contribution in [2.75, 3.05) is 26.4 Å². The molecule has 0 fully saturated rings. The molecular weight excluding hydrogens is 332 g/mol. The largest absolute Gasteiger partial charge is 0.394 e. The first-order valence-corrected chi connectivity index (χ1v) is 6.77. The SMILES string of the molecule is O=C(NCCCOCCO)c1cccc([N+](=O)[O-])c1Br. The van der Waals surface area contributed by atoms with Crippen LogP contribution >= 0.6 is 15.9 Å². The normalized spacial score (nSPS) is 10.3. The molecule has 1 aromatic rings. The number of amides is 1. The second-order valence-corrected chi connectivity index (χ2v) is 4.63. The minimum Gasteiger partial charge on any atom is -0.394 e. The molecule has 1 amide bonds. The summed E-state index contributed by atoms with van der Waals surface area (Å²) in [5, 5.41) is 21.9. The number of carbonyl (C=O) groups is 1. The molecule has 0 unspecified atom stereocenters. The quantitative estimate of drug-likeness (QED) is 0.421. The molecule has 8 heteroatoms. The number of nitrogens with zero attached hydrogens (tertiary/aromatic N) is 1. The molecule has 0 heterocycles. The van der Waals surface area contributed by atoms with E-state index in [1.807, 2.05) is 0 Å². The van der Waals surface area contributed by atoms with E-state index in [-0.39, 0.29) is 34.8 Å². The molecule has 0 radical (unpaired) electrons. The number of halogens is 1. The summed E-state index contributed by atoms with van der Waals surface area (Å²) in [6, 6.07) is 4.29. The number of rotatable bonds is 8. The van der Waals surface area contributed by atoms with Crippen LogP contribution in [0.2, 0.25) is 0 Å². The lowest BCUT2D eigenvalue weighted by Crippen LogP contribution is -2.25. The van der Waals surface area contributed by atoms with E-state index in [9.17, 15) is 14.9 Å². The van der Waals surface area contributed by atoms with Crippen LogP contribution in [-0.4, -0.2) is 42.3 Å². The predicted octanol–water partition coefficient (Wildman–Crippen LogP) is 1.49. The highest BCUT2D eigenvalue weighted by Gasteiger charge is 2.18. The average molecular weight is 347 g/mol. The number of hydrogen-bond acceptors (Lipinski definition) is 5. The van der Waals surface area contributed by atoms with Gasteiger partial charge in [-0.15, -0.1) is 0 Å². The lowest BCUT2D eigenvalue weighted by Gasteiger charge is -2.07. The molecule has 0 saturated heterocycles. The van der Waals surface area contributed by atoms with Crippen LogP contribution in [0.5, 0.6) is 0 Å². The van der Waals surface area contributed by atoms with Crippen LogP contribution in [0.25, 0.3) is 0 Å². The Balaban J connectivity index is 2.52. The Morgan fingerprint density at radius 2 is 2.20 bits per heavy atom. The number of aliphatic hydroxyl groups excluding tert-OH is 1. The zero-order valence-electron chi connectivity index (χ0n) is 10.7. The molecule has 0 aliphatic carbocycles. The number of nitro benzene ring substituents is 1. The number of hydrogen-bond donors (Lipinski definition) is 2. The van der Waals surface area contributed by atoms with Gasteiger partial charge in [-0.1, -0.05) is 6.07 Å². The lowest BCUT2D eigenvalue weighted by molar-refractivity contribution is -0.385. The van der Waals surface area contributed by atoms with Gasteiger partial charge in [-0.3, -0.25) is 14.9 Å². The van der Waals surface area contributed by atoms with Crippen molar-refractivity contribution in [3.8, 4) is 0 Å². The van der Waals surface area contributed by atoms with Gasteiger partial charge < -0.3 is 15.2 Å². The molecule has 0 aliphatic rings. The van der Waals surface area contributed by atoms with E-state index in [2.05, 4.69) is 21.2 Å². The minimum atomic E-state index is -0.552. The van der Waals surface area contributed by atoms with Crippen molar-refractivity contribution in [2.45, 2.75) is 6.42 Å². The summed E-state index contributed by atoms with van der Waals surface area (Å²) < 4.78 is 5.21. The maximum Gasteiger partial charge on any atom is 0.284 e. The van der Waals surface area contributed by atoms with Crippen molar-refractivity contribution >= 4 is 27.5 Å². The van der Waals surface area contributed by atoms with Crippen LogP contribution < -0.4 is 5.32 Å². The van der Waals surface area contributed by atoms with Gasteiger partial charge in [0.1, 0.15) is 4.47 Å². The molecule has 0 atom stereocenters. The third-order valence-corrected chi connectivity index (χ3v) is 3.24. The predicted molar refractivity (Wildman–Crippen MR) is 75.7 cm³/mol. The maximum absolute atomic E-state index is 11.9. The van der Waals surface area contributed by atoms with Gasteiger partial charge in [0.05, 0.1) is 23.7 Å². The summed E-state index contributed by atoms with van der Waals surface area (Å²) in [7, 11) is 0. The Bertz CT molecular complexity index is 481. The van der Waals surface area contributed by atoms with Gasteiger partial charge in [0, 0.05) is 19.2 Å². The van der Waals surface area contributed by atoms with Gasteiger partial charge >= 0.3 is 0 Å². The van der Waals surface area contributed by atoms with E-state index in [1.165, 1.54) is 18.2 Å². The third-order valence-electron chi connectivity index (χ3n) is 2.41. The van der Waals surface area contributed by atoms with Gasteiger partial charge in [0.15, 0.2) is 0 Å².